The number of nitrogens with zero attached hydrogens (tertiary/aromatic N) is 1. The molecule has 0 bridgehead atoms. The predicted octanol–water partition coefficient (Wildman–Crippen LogP) is 5.07. The van der Waals surface area contributed by atoms with Gasteiger partial charge in [-0.2, -0.15) is 0 Å². The van der Waals surface area contributed by atoms with Crippen molar-refractivity contribution in [1.29, 1.82) is 0 Å². The van der Waals surface area contributed by atoms with Crippen LogP contribution in [0.3, 0.4) is 0 Å². The van der Waals surface area contributed by atoms with Crippen LogP contribution in [-0.4, -0.2) is 17.5 Å². The molecule has 0 amide bonds. The maximum atomic E-state index is 6.16. The molecule has 1 aromatic carbocycles. The third kappa shape index (κ3) is 3.04. The fraction of sp³-hybridized carbons (Fsp3) is 0.500. The summed E-state index contributed by atoms with van der Waals surface area (Å²) in [5.74, 6) is 1.17. The van der Waals surface area contributed by atoms with Gasteiger partial charge in [-0.05, 0) is 36.5 Å². The normalized spacial score (nSPS) is 21.5. The van der Waals surface area contributed by atoms with E-state index in [9.17, 15) is 0 Å². The monoisotopic (exact) mass is 314 g/mol. The molecule has 3 rings (SSSR count). The number of benzene rings is 1. The molecule has 1 N–H and O–H groups in total. The van der Waals surface area contributed by atoms with Crippen molar-refractivity contribution in [3.05, 3.63) is 28.2 Å². The molecule has 1 aromatic rings. The highest BCUT2D eigenvalue weighted by atomic mass is 35.5. The van der Waals surface area contributed by atoms with Gasteiger partial charge in [-0.3, -0.25) is 4.99 Å². The summed E-state index contributed by atoms with van der Waals surface area (Å²) in [5, 5.41) is 5.57. The Kier molecular flexibility index (Phi) is 3.97. The van der Waals surface area contributed by atoms with Gasteiger partial charge in [0, 0.05) is 17.3 Å². The van der Waals surface area contributed by atoms with Crippen LogP contribution in [-0.2, 0) is 0 Å². The van der Waals surface area contributed by atoms with Crippen molar-refractivity contribution in [1.82, 2.24) is 0 Å². The lowest BCUT2D eigenvalue weighted by atomic mass is 9.89. The molecule has 5 heteroatoms. The summed E-state index contributed by atoms with van der Waals surface area (Å²) in [6.07, 6.45) is 5.39. The van der Waals surface area contributed by atoms with Crippen LogP contribution in [0.4, 0.5) is 5.69 Å². The molecule has 1 fully saturated rings. The zero-order valence-electron chi connectivity index (χ0n) is 10.6. The van der Waals surface area contributed by atoms with E-state index in [0.717, 1.165) is 17.4 Å². The minimum Gasteiger partial charge on any atom is -0.334 e. The van der Waals surface area contributed by atoms with Crippen molar-refractivity contribution < 1.29 is 0 Å². The molecule has 2 nitrogen and oxygen atoms in total. The molecule has 1 spiro atoms. The molecule has 1 saturated carbocycles. The van der Waals surface area contributed by atoms with Crippen LogP contribution in [0.2, 0.25) is 10.0 Å². The number of thioether (sulfide) groups is 1. The van der Waals surface area contributed by atoms with E-state index in [0.29, 0.717) is 15.5 Å². The Morgan fingerprint density at radius 1 is 1.21 bits per heavy atom. The van der Waals surface area contributed by atoms with Crippen LogP contribution in [0, 0.1) is 5.41 Å². The van der Waals surface area contributed by atoms with Crippen molar-refractivity contribution in [2.24, 2.45) is 10.4 Å². The van der Waals surface area contributed by atoms with Gasteiger partial charge in [0.15, 0.2) is 5.17 Å². The predicted molar refractivity (Wildman–Crippen MR) is 85.7 cm³/mol. The van der Waals surface area contributed by atoms with Gasteiger partial charge in [0.2, 0.25) is 0 Å². The average molecular weight is 315 g/mol. The largest absolute Gasteiger partial charge is 0.334 e. The quantitative estimate of drug-likeness (QED) is 0.782. The Labute approximate surface area is 128 Å². The molecule has 0 aromatic heterocycles. The van der Waals surface area contributed by atoms with E-state index in [1.165, 1.54) is 31.4 Å². The number of hydrogen-bond donors (Lipinski definition) is 1. The van der Waals surface area contributed by atoms with E-state index in [1.807, 2.05) is 23.9 Å². The summed E-state index contributed by atoms with van der Waals surface area (Å²) >= 11 is 13.9. The lowest BCUT2D eigenvalue weighted by molar-refractivity contribution is 0.359. The third-order valence-corrected chi connectivity index (χ3v) is 5.72. The highest BCUT2D eigenvalue weighted by molar-refractivity contribution is 8.14. The summed E-state index contributed by atoms with van der Waals surface area (Å²) in [6, 6.07) is 5.48. The first-order valence-corrected chi connectivity index (χ1v) is 8.30. The molecular formula is C14H16Cl2N2S. The molecule has 1 aliphatic carbocycles. The molecule has 1 heterocycles. The number of rotatable bonds is 1. The number of aliphatic imine (C=N–C) groups is 1. The van der Waals surface area contributed by atoms with Gasteiger partial charge in [0.05, 0.1) is 10.7 Å². The Balaban J connectivity index is 1.69. The second-order valence-electron chi connectivity index (χ2n) is 5.37. The van der Waals surface area contributed by atoms with E-state index in [4.69, 9.17) is 28.2 Å². The lowest BCUT2D eigenvalue weighted by Crippen LogP contribution is -2.30. The summed E-state index contributed by atoms with van der Waals surface area (Å²) in [6.45, 7) is 0.952. The molecular weight excluding hydrogens is 299 g/mol. The second kappa shape index (κ2) is 5.55. The van der Waals surface area contributed by atoms with Crippen LogP contribution in [0.1, 0.15) is 25.7 Å². The minimum absolute atomic E-state index is 0.472. The van der Waals surface area contributed by atoms with Gasteiger partial charge < -0.3 is 5.32 Å². The number of halogens is 2. The van der Waals surface area contributed by atoms with Gasteiger partial charge in [-0.25, -0.2) is 0 Å². The SMILES string of the molecule is Clc1ccc(NC2=NCC3(CCCC3)CS2)c(Cl)c1. The molecule has 0 saturated heterocycles. The molecule has 1 aliphatic heterocycles. The van der Waals surface area contributed by atoms with Gasteiger partial charge in [-0.15, -0.1) is 0 Å². The van der Waals surface area contributed by atoms with Gasteiger partial charge >= 0.3 is 0 Å². The van der Waals surface area contributed by atoms with Gasteiger partial charge in [-0.1, -0.05) is 47.8 Å². The Morgan fingerprint density at radius 2 is 2.00 bits per heavy atom. The highest BCUT2D eigenvalue weighted by Gasteiger charge is 2.36. The minimum atomic E-state index is 0.472. The zero-order chi connectivity index (χ0) is 13.3. The fourth-order valence-electron chi connectivity index (χ4n) is 2.76. The van der Waals surface area contributed by atoms with Crippen molar-refractivity contribution in [2.75, 3.05) is 17.6 Å². The summed E-state index contributed by atoms with van der Waals surface area (Å²) in [7, 11) is 0. The van der Waals surface area contributed by atoms with Crippen LogP contribution >= 0.6 is 35.0 Å². The smallest absolute Gasteiger partial charge is 0.161 e. The number of hydrogen-bond acceptors (Lipinski definition) is 3. The topological polar surface area (TPSA) is 24.4 Å². The Hall–Kier alpha value is -0.380. The number of anilines is 1. The molecule has 0 atom stereocenters. The van der Waals surface area contributed by atoms with Crippen LogP contribution < -0.4 is 5.32 Å². The zero-order valence-corrected chi connectivity index (χ0v) is 12.9. The Morgan fingerprint density at radius 3 is 2.63 bits per heavy atom. The number of amidine groups is 1. The van der Waals surface area contributed by atoms with E-state index in [1.54, 1.807) is 6.07 Å². The molecule has 0 unspecified atom stereocenters. The second-order valence-corrected chi connectivity index (χ2v) is 7.17. The summed E-state index contributed by atoms with van der Waals surface area (Å²) < 4.78 is 0. The number of nitrogens with one attached hydrogen (secondary N) is 1. The van der Waals surface area contributed by atoms with Crippen molar-refractivity contribution in [2.45, 2.75) is 25.7 Å². The first kappa shape index (κ1) is 13.6. The maximum Gasteiger partial charge on any atom is 0.161 e. The average Bonchev–Trinajstić information content (AvgIpc) is 2.84. The summed E-state index contributed by atoms with van der Waals surface area (Å²) in [5.41, 5.74) is 1.35. The fourth-order valence-corrected chi connectivity index (χ4v) is 4.38. The maximum absolute atomic E-state index is 6.16. The molecule has 2 aliphatic rings. The molecule has 0 radical (unpaired) electrons. The van der Waals surface area contributed by atoms with Crippen LogP contribution in [0.25, 0.3) is 0 Å². The first-order valence-electron chi connectivity index (χ1n) is 6.56. The highest BCUT2D eigenvalue weighted by Crippen LogP contribution is 2.43. The lowest BCUT2D eigenvalue weighted by Gasteiger charge is -2.31. The standard InChI is InChI=1S/C14H16Cl2N2S/c15-10-3-4-12(11(16)7-10)18-13-17-8-14(9-19-13)5-1-2-6-14/h3-4,7H,1-2,5-6,8-9H2,(H,17,18). The van der Waals surface area contributed by atoms with Crippen LogP contribution in [0.5, 0.6) is 0 Å². The van der Waals surface area contributed by atoms with E-state index >= 15 is 0 Å². The molecule has 102 valence electrons. The van der Waals surface area contributed by atoms with Crippen molar-refractivity contribution in [3.8, 4) is 0 Å². The van der Waals surface area contributed by atoms with E-state index in [-0.39, 0.29) is 0 Å². The van der Waals surface area contributed by atoms with Gasteiger partial charge in [0.1, 0.15) is 0 Å². The summed E-state index contributed by atoms with van der Waals surface area (Å²) in [4.78, 5) is 4.70. The Bertz CT molecular complexity index is 510. The first-order chi connectivity index (χ1) is 9.17. The van der Waals surface area contributed by atoms with Crippen LogP contribution in [0.15, 0.2) is 23.2 Å². The van der Waals surface area contributed by atoms with Gasteiger partial charge in [0.25, 0.3) is 0 Å². The van der Waals surface area contributed by atoms with Crippen molar-refractivity contribution in [3.63, 3.8) is 0 Å². The van der Waals surface area contributed by atoms with E-state index in [2.05, 4.69) is 5.32 Å². The third-order valence-electron chi connectivity index (χ3n) is 3.91. The van der Waals surface area contributed by atoms with E-state index < -0.39 is 0 Å². The molecule has 19 heavy (non-hydrogen) atoms. The van der Waals surface area contributed by atoms with Crippen molar-refractivity contribution >= 4 is 45.8 Å².